The van der Waals surface area contributed by atoms with E-state index in [0.717, 1.165) is 25.0 Å². The van der Waals surface area contributed by atoms with Crippen LogP contribution in [0, 0.1) is 0 Å². The molecular formula is C30H72N2. The van der Waals surface area contributed by atoms with Crippen molar-refractivity contribution in [3.63, 3.8) is 0 Å². The monoisotopic (exact) mass is 463 g/mol. The third kappa shape index (κ3) is 42.4. The Hall–Kier alpha value is -1.70. The molecule has 0 aromatic carbocycles. The summed E-state index contributed by atoms with van der Waals surface area (Å²) in [4.78, 5) is 8.51. The Morgan fingerprint density at radius 2 is 0.812 bits per heavy atom. The van der Waals surface area contributed by atoms with Crippen LogP contribution in [-0.4, -0.2) is 9.97 Å². The highest BCUT2D eigenvalue weighted by Gasteiger charge is 1.91. The molecule has 0 spiro atoms. The van der Waals surface area contributed by atoms with Crippen LogP contribution in [0.25, 0.3) is 0 Å². The first-order chi connectivity index (χ1) is 13.8. The Morgan fingerprint density at radius 3 is 1.03 bits per heavy atom. The molecule has 0 aliphatic heterocycles. The van der Waals surface area contributed by atoms with Gasteiger partial charge in [0.25, 0.3) is 0 Å². The van der Waals surface area contributed by atoms with E-state index in [-0.39, 0.29) is 32.6 Å². The predicted octanol–water partition coefficient (Wildman–Crippen LogP) is 12.0. The lowest BCUT2D eigenvalue weighted by atomic mass is 10.2. The standard InChI is InChI=1S/C9H13N.C7H9N.5C2H6.4CH4.2H2/c1-3-8-6-5-7-9(4-2)10-8;1-2-7-5-3-4-6-8-7;5*1-2;;;;;;/h5-7H,3-4H2,1-2H3;3-6H,2H2,1H3;5*1-2H3;4*1H4;2*1H/i;;;;;;;;;;;2*1+1. The van der Waals surface area contributed by atoms with Gasteiger partial charge in [0.15, 0.2) is 0 Å². The molecule has 0 radical (unpaired) electrons. The minimum atomic E-state index is 0. The molecule has 2 heteroatoms. The van der Waals surface area contributed by atoms with Crippen LogP contribution in [0.4, 0.5) is 0 Å². The van der Waals surface area contributed by atoms with E-state index in [1.807, 2.05) is 93.6 Å². The van der Waals surface area contributed by atoms with Crippen molar-refractivity contribution in [2.75, 3.05) is 0 Å². The zero-order valence-electron chi connectivity index (χ0n) is 21.6. The van der Waals surface area contributed by atoms with E-state index >= 15 is 0 Å². The van der Waals surface area contributed by atoms with Gasteiger partial charge in [-0.2, -0.15) is 0 Å². The van der Waals surface area contributed by atoms with Crippen LogP contribution in [0.15, 0.2) is 42.6 Å². The van der Waals surface area contributed by atoms with E-state index in [4.69, 9.17) is 0 Å². The molecule has 0 N–H and O–H groups in total. The molecule has 32 heavy (non-hydrogen) atoms. The molecule has 0 unspecified atom stereocenters. The van der Waals surface area contributed by atoms with Crippen LogP contribution in [0.5, 0.6) is 0 Å². The maximum absolute atomic E-state index is 4.41. The topological polar surface area (TPSA) is 25.8 Å². The van der Waals surface area contributed by atoms with Crippen molar-refractivity contribution in [2.45, 2.75) is 139 Å². The van der Waals surface area contributed by atoms with Crippen LogP contribution in [0.2, 0.25) is 0 Å². The van der Waals surface area contributed by atoms with Crippen molar-refractivity contribution in [1.29, 1.82) is 0 Å². The van der Waals surface area contributed by atoms with Gasteiger partial charge in [0, 0.05) is 26.1 Å². The third-order valence-corrected chi connectivity index (χ3v) is 2.68. The Balaban J connectivity index is -0.0000000225. The largest absolute Gasteiger partial charge is 0.261 e. The lowest BCUT2D eigenvalue weighted by molar-refractivity contribution is 0.955. The molecule has 2 aromatic rings. The summed E-state index contributed by atoms with van der Waals surface area (Å²) in [6.07, 6.45) is 4.92. The van der Waals surface area contributed by atoms with Gasteiger partial charge in [-0.1, -0.05) is 132 Å². The predicted molar refractivity (Wildman–Crippen MR) is 164 cm³/mol. The molecule has 0 amide bonds. The Morgan fingerprint density at radius 1 is 0.500 bits per heavy atom. The van der Waals surface area contributed by atoms with Gasteiger partial charge in [0.05, 0.1) is 0 Å². The van der Waals surface area contributed by atoms with Gasteiger partial charge < -0.3 is 0 Å². The van der Waals surface area contributed by atoms with E-state index < -0.39 is 0 Å². The zero-order valence-corrected chi connectivity index (χ0v) is 21.6. The number of pyridine rings is 2. The number of aryl methyl sites for hydroxylation is 3. The molecule has 0 saturated heterocycles. The highest BCUT2D eigenvalue weighted by Crippen LogP contribution is 1.99. The molecule has 0 fully saturated rings. The summed E-state index contributed by atoms with van der Waals surface area (Å²) in [6, 6.07) is 12.2. The summed E-state index contributed by atoms with van der Waals surface area (Å²) in [5.41, 5.74) is 3.55. The Bertz CT molecular complexity index is 431. The number of rotatable bonds is 3. The van der Waals surface area contributed by atoms with E-state index in [0.29, 0.717) is 0 Å². The van der Waals surface area contributed by atoms with Crippen molar-refractivity contribution >= 4 is 0 Å². The van der Waals surface area contributed by atoms with Crippen molar-refractivity contribution in [3.05, 3.63) is 59.7 Å². The van der Waals surface area contributed by atoms with E-state index in [1.54, 1.807) is 0 Å². The smallest absolute Gasteiger partial charge is 0.0404 e. The number of hydrogen-bond donors (Lipinski definition) is 0. The molecule has 202 valence electrons. The molecular weight excluding hydrogens is 388 g/mol. The number of nitrogens with zero attached hydrogens (tertiary/aromatic N) is 2. The summed E-state index contributed by atoms with van der Waals surface area (Å²) in [7, 11) is 0. The van der Waals surface area contributed by atoms with Gasteiger partial charge in [-0.15, -0.1) is 0 Å². The quantitative estimate of drug-likeness (QED) is 0.453. The van der Waals surface area contributed by atoms with Crippen LogP contribution in [-0.2, 0) is 19.3 Å². The molecule has 0 atom stereocenters. The van der Waals surface area contributed by atoms with Crippen molar-refractivity contribution in [1.82, 2.24) is 9.97 Å². The van der Waals surface area contributed by atoms with Crippen LogP contribution >= 0.6 is 0 Å². The lowest BCUT2D eigenvalue weighted by Gasteiger charge is -1.97. The Kier molecular flexibility index (Phi) is 113. The molecule has 2 nitrogen and oxygen atoms in total. The van der Waals surface area contributed by atoms with Gasteiger partial charge in [0.1, 0.15) is 0 Å². The fourth-order valence-corrected chi connectivity index (χ4v) is 1.53. The minimum absolute atomic E-state index is 0. The van der Waals surface area contributed by atoms with Crippen LogP contribution in [0.1, 0.15) is 140 Å². The zero-order chi connectivity index (χ0) is 23.2. The average molecular weight is 463 g/mol. The maximum Gasteiger partial charge on any atom is 0.0404 e. The summed E-state index contributed by atoms with van der Waals surface area (Å²) >= 11 is 0. The number of hydrogen-bond acceptors (Lipinski definition) is 2. The van der Waals surface area contributed by atoms with Crippen molar-refractivity contribution < 1.29 is 2.85 Å². The normalized spacial score (nSPS) is 6.28. The SMILES string of the molecule is C.C.C.C.CC.CC.CC.CC.CC.CCc1cccc(CC)n1.CCc1ccccn1.[2HH].[2HH]. The first-order valence-corrected chi connectivity index (χ1v) is 11.6. The fraction of sp³-hybridized carbons (Fsp3) is 0.667. The van der Waals surface area contributed by atoms with Crippen molar-refractivity contribution in [3.8, 4) is 0 Å². The van der Waals surface area contributed by atoms with Gasteiger partial charge in [-0.05, 0) is 43.5 Å². The molecule has 0 aliphatic rings. The first kappa shape index (κ1) is 57.3. The lowest BCUT2D eigenvalue weighted by Crippen LogP contribution is -1.91. The maximum atomic E-state index is 4.41. The van der Waals surface area contributed by atoms with Gasteiger partial charge in [-0.25, -0.2) is 0 Å². The van der Waals surface area contributed by atoms with Gasteiger partial charge in [-0.3, -0.25) is 9.97 Å². The summed E-state index contributed by atoms with van der Waals surface area (Å²) in [5.74, 6) is 0. The molecule has 0 bridgehead atoms. The van der Waals surface area contributed by atoms with E-state index in [9.17, 15) is 0 Å². The van der Waals surface area contributed by atoms with Gasteiger partial charge in [0.2, 0.25) is 0 Å². The highest BCUT2D eigenvalue weighted by molar-refractivity contribution is 5.10. The number of aromatic nitrogens is 2. The second kappa shape index (κ2) is 63.0. The van der Waals surface area contributed by atoms with Crippen molar-refractivity contribution in [2.24, 2.45) is 0 Å². The van der Waals surface area contributed by atoms with Crippen LogP contribution in [0.3, 0.4) is 0 Å². The fourth-order valence-electron chi connectivity index (χ4n) is 1.53. The van der Waals surface area contributed by atoms with E-state index in [2.05, 4.69) is 48.9 Å². The third-order valence-electron chi connectivity index (χ3n) is 2.68. The summed E-state index contributed by atoms with van der Waals surface area (Å²) in [5, 5.41) is 0. The Labute approximate surface area is 211 Å². The van der Waals surface area contributed by atoms with Gasteiger partial charge >= 0.3 is 0 Å². The molecule has 2 rings (SSSR count). The molecule has 0 aliphatic carbocycles. The highest BCUT2D eigenvalue weighted by atomic mass is 14.7. The molecule has 0 saturated carbocycles. The summed E-state index contributed by atoms with van der Waals surface area (Å²) < 4.78 is 0. The minimum Gasteiger partial charge on any atom is -0.261 e. The summed E-state index contributed by atoms with van der Waals surface area (Å²) in [6.45, 7) is 26.4. The van der Waals surface area contributed by atoms with E-state index in [1.165, 1.54) is 11.4 Å². The average Bonchev–Trinajstić information content (AvgIpc) is 2.86. The second-order valence-electron chi connectivity index (χ2n) is 4.00. The first-order valence-electron chi connectivity index (χ1n) is 11.6. The molecule has 2 aromatic heterocycles. The molecule has 2 heterocycles. The van der Waals surface area contributed by atoms with Crippen LogP contribution < -0.4 is 0 Å². The second-order valence-corrected chi connectivity index (χ2v) is 4.00.